The van der Waals surface area contributed by atoms with Crippen LogP contribution in [0.5, 0.6) is 5.75 Å². The van der Waals surface area contributed by atoms with E-state index in [0.717, 1.165) is 44.0 Å². The average molecular weight is 454 g/mol. The summed E-state index contributed by atoms with van der Waals surface area (Å²) in [4.78, 5) is 13.6. The Kier molecular flexibility index (Phi) is 7.16. The molecule has 4 heteroatoms. The first-order valence-electron chi connectivity index (χ1n) is 11.0. The van der Waals surface area contributed by atoms with Gasteiger partial charge in [0.2, 0.25) is 5.91 Å². The summed E-state index contributed by atoms with van der Waals surface area (Å²) in [5, 5.41) is 13.5. The van der Waals surface area contributed by atoms with Gasteiger partial charge in [0, 0.05) is 28.3 Å². The first-order chi connectivity index (χ1) is 16.0. The van der Waals surface area contributed by atoms with E-state index >= 15 is 0 Å². The fraction of sp³-hybridized carbons (Fsp3) is 0.138. The van der Waals surface area contributed by atoms with Crippen LogP contribution < -0.4 is 5.32 Å². The molecule has 0 saturated heterocycles. The lowest BCUT2D eigenvalue weighted by molar-refractivity contribution is -0.115. The van der Waals surface area contributed by atoms with Gasteiger partial charge in [-0.3, -0.25) is 4.79 Å². The van der Waals surface area contributed by atoms with E-state index in [1.165, 1.54) is 0 Å². The summed E-state index contributed by atoms with van der Waals surface area (Å²) in [5.74, 6) is 0.932. The second-order valence-corrected chi connectivity index (χ2v) is 9.21. The van der Waals surface area contributed by atoms with Gasteiger partial charge < -0.3 is 10.4 Å². The number of hydrogen-bond donors (Lipinski definition) is 2. The van der Waals surface area contributed by atoms with Gasteiger partial charge >= 0.3 is 0 Å². The van der Waals surface area contributed by atoms with E-state index in [-0.39, 0.29) is 11.7 Å². The lowest BCUT2D eigenvalue weighted by Gasteiger charge is -2.13. The molecule has 0 unspecified atom stereocenters. The third kappa shape index (κ3) is 5.65. The summed E-state index contributed by atoms with van der Waals surface area (Å²) in [6.07, 6.45) is 0.417. The minimum Gasteiger partial charge on any atom is -0.507 e. The van der Waals surface area contributed by atoms with Crippen molar-refractivity contribution in [3.63, 3.8) is 0 Å². The largest absolute Gasteiger partial charge is 0.507 e. The van der Waals surface area contributed by atoms with Crippen molar-refractivity contribution in [1.29, 1.82) is 0 Å². The Labute approximate surface area is 199 Å². The Morgan fingerprint density at radius 1 is 0.788 bits per heavy atom. The Morgan fingerprint density at radius 3 is 2.18 bits per heavy atom. The first-order valence-corrected chi connectivity index (χ1v) is 12.0. The van der Waals surface area contributed by atoms with E-state index in [9.17, 15) is 9.90 Å². The highest BCUT2D eigenvalue weighted by Crippen LogP contribution is 2.36. The number of aromatic hydroxyl groups is 1. The molecule has 0 bridgehead atoms. The highest BCUT2D eigenvalue weighted by Gasteiger charge is 2.11. The minimum atomic E-state index is 0.0139. The number of hydrogen-bond acceptors (Lipinski definition) is 3. The summed E-state index contributed by atoms with van der Waals surface area (Å²) in [7, 11) is 0. The molecule has 0 atom stereocenters. The van der Waals surface area contributed by atoms with Gasteiger partial charge in [0.15, 0.2) is 0 Å². The van der Waals surface area contributed by atoms with Crippen LogP contribution in [0.4, 0.5) is 5.69 Å². The van der Waals surface area contributed by atoms with Gasteiger partial charge in [-0.1, -0.05) is 66.7 Å². The van der Waals surface area contributed by atoms with Crippen molar-refractivity contribution in [3.05, 3.63) is 102 Å². The second kappa shape index (κ2) is 10.4. The number of phenols is 1. The standard InChI is InChI=1S/C29H27NO2S/c1-20-9-8-10-21(2)29(20)30-28(32)15-16-33-25-18-23(22-11-4-3-5-12-22)17-24(19-25)26-13-6-7-14-27(26)31/h3-14,17-19,31H,15-16H2,1-2H3,(H,30,32). The van der Waals surface area contributed by atoms with Crippen LogP contribution in [-0.2, 0) is 4.79 Å². The molecule has 4 aromatic rings. The van der Waals surface area contributed by atoms with Crippen LogP contribution in [0.15, 0.2) is 95.9 Å². The molecule has 33 heavy (non-hydrogen) atoms. The van der Waals surface area contributed by atoms with Gasteiger partial charge in [-0.2, -0.15) is 0 Å². The smallest absolute Gasteiger partial charge is 0.225 e. The Balaban J connectivity index is 1.53. The SMILES string of the molecule is Cc1cccc(C)c1NC(=O)CCSc1cc(-c2ccccc2)cc(-c2ccccc2O)c1. The number of phenolic OH excluding ortho intramolecular Hbond substituents is 1. The van der Waals surface area contributed by atoms with Crippen molar-refractivity contribution < 1.29 is 9.90 Å². The van der Waals surface area contributed by atoms with Gasteiger partial charge in [-0.25, -0.2) is 0 Å². The van der Waals surface area contributed by atoms with Crippen molar-refractivity contribution in [1.82, 2.24) is 0 Å². The number of amides is 1. The van der Waals surface area contributed by atoms with Crippen LogP contribution in [0.2, 0.25) is 0 Å². The number of carbonyl (C=O) groups excluding carboxylic acids is 1. The van der Waals surface area contributed by atoms with Crippen molar-refractivity contribution in [2.45, 2.75) is 25.2 Å². The Bertz CT molecular complexity index is 1250. The molecule has 0 aliphatic rings. The molecule has 166 valence electrons. The molecule has 3 nitrogen and oxygen atoms in total. The molecule has 0 radical (unpaired) electrons. The Hall–Kier alpha value is -3.50. The van der Waals surface area contributed by atoms with Gasteiger partial charge in [-0.05, 0) is 65.9 Å². The number of para-hydroxylation sites is 2. The Morgan fingerprint density at radius 2 is 1.45 bits per heavy atom. The van der Waals surface area contributed by atoms with Crippen LogP contribution in [0.25, 0.3) is 22.3 Å². The monoisotopic (exact) mass is 453 g/mol. The number of rotatable bonds is 7. The molecule has 0 aliphatic heterocycles. The molecular weight excluding hydrogens is 426 g/mol. The van der Waals surface area contributed by atoms with Crippen LogP contribution in [0.1, 0.15) is 17.5 Å². The van der Waals surface area contributed by atoms with Gasteiger partial charge in [0.25, 0.3) is 0 Å². The fourth-order valence-corrected chi connectivity index (χ4v) is 4.77. The average Bonchev–Trinajstić information content (AvgIpc) is 2.82. The lowest BCUT2D eigenvalue weighted by atomic mass is 9.98. The minimum absolute atomic E-state index is 0.0139. The van der Waals surface area contributed by atoms with Crippen LogP contribution in [0.3, 0.4) is 0 Å². The zero-order chi connectivity index (χ0) is 23.2. The van der Waals surface area contributed by atoms with Gasteiger partial charge in [0.05, 0.1) is 0 Å². The molecular formula is C29H27NO2S. The number of aryl methyl sites for hydroxylation is 2. The predicted molar refractivity (Wildman–Crippen MR) is 139 cm³/mol. The van der Waals surface area contributed by atoms with Crippen LogP contribution >= 0.6 is 11.8 Å². The third-order valence-electron chi connectivity index (χ3n) is 5.57. The topological polar surface area (TPSA) is 49.3 Å². The summed E-state index contributed by atoms with van der Waals surface area (Å²) in [6, 6.07) is 29.9. The van der Waals surface area contributed by atoms with Crippen molar-refractivity contribution in [2.75, 3.05) is 11.1 Å². The number of benzene rings is 4. The number of carbonyl (C=O) groups is 1. The molecule has 0 spiro atoms. The van der Waals surface area contributed by atoms with Crippen LogP contribution in [-0.4, -0.2) is 16.8 Å². The number of thioether (sulfide) groups is 1. The maximum absolute atomic E-state index is 12.6. The summed E-state index contributed by atoms with van der Waals surface area (Å²) in [6.45, 7) is 4.01. The highest BCUT2D eigenvalue weighted by atomic mass is 32.2. The van der Waals surface area contributed by atoms with Crippen molar-refractivity contribution in [2.24, 2.45) is 0 Å². The van der Waals surface area contributed by atoms with E-state index in [2.05, 4.69) is 35.6 Å². The molecule has 0 aromatic heterocycles. The maximum atomic E-state index is 12.6. The van der Waals surface area contributed by atoms with Crippen LogP contribution in [0, 0.1) is 13.8 Å². The normalized spacial score (nSPS) is 10.7. The molecule has 0 saturated carbocycles. The molecule has 0 aliphatic carbocycles. The van der Waals surface area contributed by atoms with Gasteiger partial charge in [0.1, 0.15) is 5.75 Å². The molecule has 0 heterocycles. The second-order valence-electron chi connectivity index (χ2n) is 8.04. The summed E-state index contributed by atoms with van der Waals surface area (Å²) < 4.78 is 0. The molecule has 4 rings (SSSR count). The number of anilines is 1. The summed E-state index contributed by atoms with van der Waals surface area (Å²) in [5.41, 5.74) is 6.99. The molecule has 0 fully saturated rings. The fourth-order valence-electron chi connectivity index (χ4n) is 3.83. The van der Waals surface area contributed by atoms with E-state index in [1.807, 2.05) is 68.4 Å². The predicted octanol–water partition coefficient (Wildman–Crippen LogP) is 7.46. The van der Waals surface area contributed by atoms with Crippen molar-refractivity contribution in [3.8, 4) is 28.0 Å². The maximum Gasteiger partial charge on any atom is 0.225 e. The first kappa shape index (κ1) is 22.7. The van der Waals surface area contributed by atoms with E-state index in [4.69, 9.17) is 0 Å². The molecule has 2 N–H and O–H groups in total. The van der Waals surface area contributed by atoms with Crippen molar-refractivity contribution >= 4 is 23.4 Å². The highest BCUT2D eigenvalue weighted by molar-refractivity contribution is 7.99. The molecule has 4 aromatic carbocycles. The zero-order valence-corrected chi connectivity index (χ0v) is 19.7. The van der Waals surface area contributed by atoms with E-state index in [0.29, 0.717) is 12.2 Å². The van der Waals surface area contributed by atoms with E-state index in [1.54, 1.807) is 17.8 Å². The quantitative estimate of drug-likeness (QED) is 0.285. The lowest BCUT2D eigenvalue weighted by Crippen LogP contribution is -2.14. The third-order valence-corrected chi connectivity index (χ3v) is 6.55. The van der Waals surface area contributed by atoms with E-state index < -0.39 is 0 Å². The summed E-state index contributed by atoms with van der Waals surface area (Å²) >= 11 is 1.65. The number of nitrogens with one attached hydrogen (secondary N) is 1. The van der Waals surface area contributed by atoms with Gasteiger partial charge in [-0.15, -0.1) is 11.8 Å². The zero-order valence-electron chi connectivity index (χ0n) is 18.8. The molecule has 1 amide bonds.